The largest absolute Gasteiger partial charge is 0.383 e. The van der Waals surface area contributed by atoms with E-state index in [0.29, 0.717) is 19.5 Å². The predicted molar refractivity (Wildman–Crippen MR) is 109 cm³/mol. The van der Waals surface area contributed by atoms with Crippen molar-refractivity contribution in [3.8, 4) is 0 Å². The van der Waals surface area contributed by atoms with Gasteiger partial charge < -0.3 is 19.9 Å². The minimum Gasteiger partial charge on any atom is -0.383 e. The summed E-state index contributed by atoms with van der Waals surface area (Å²) in [5.74, 6) is -0.388. The van der Waals surface area contributed by atoms with Crippen molar-refractivity contribution in [3.63, 3.8) is 0 Å². The Morgan fingerprint density at radius 1 is 1.17 bits per heavy atom. The Morgan fingerprint density at radius 3 is 2.59 bits per heavy atom. The molecule has 8 heteroatoms. The molecular formula is C21H27N5O3. The van der Waals surface area contributed by atoms with E-state index in [9.17, 15) is 14.7 Å². The van der Waals surface area contributed by atoms with E-state index in [1.54, 1.807) is 4.90 Å². The zero-order valence-electron chi connectivity index (χ0n) is 16.6. The van der Waals surface area contributed by atoms with Gasteiger partial charge in [-0.2, -0.15) is 0 Å². The highest BCUT2D eigenvalue weighted by Crippen LogP contribution is 2.36. The van der Waals surface area contributed by atoms with Crippen LogP contribution in [0.5, 0.6) is 0 Å². The summed E-state index contributed by atoms with van der Waals surface area (Å²) in [4.78, 5) is 37.7. The van der Waals surface area contributed by atoms with Gasteiger partial charge in [0.15, 0.2) is 5.69 Å². The fraction of sp³-hybridized carbons (Fsp3) is 0.476. The summed E-state index contributed by atoms with van der Waals surface area (Å²) < 4.78 is 0. The van der Waals surface area contributed by atoms with Crippen molar-refractivity contribution in [2.75, 3.05) is 46.3 Å². The summed E-state index contributed by atoms with van der Waals surface area (Å²) in [7, 11) is 2.09. The van der Waals surface area contributed by atoms with Gasteiger partial charge in [-0.15, -0.1) is 0 Å². The van der Waals surface area contributed by atoms with Crippen molar-refractivity contribution < 1.29 is 9.90 Å². The number of benzene rings is 1. The van der Waals surface area contributed by atoms with Crippen molar-refractivity contribution in [2.24, 2.45) is 0 Å². The maximum Gasteiger partial charge on any atom is 0.279 e. The van der Waals surface area contributed by atoms with E-state index in [1.165, 1.54) is 12.4 Å². The van der Waals surface area contributed by atoms with Crippen LogP contribution >= 0.6 is 0 Å². The summed E-state index contributed by atoms with van der Waals surface area (Å²) in [5, 5.41) is 11.8. The lowest BCUT2D eigenvalue weighted by Gasteiger charge is -2.51. The third-order valence-corrected chi connectivity index (χ3v) is 6.16. The summed E-state index contributed by atoms with van der Waals surface area (Å²) in [5.41, 5.74) is -0.774. The van der Waals surface area contributed by atoms with Crippen LogP contribution in [0.1, 0.15) is 22.5 Å². The van der Waals surface area contributed by atoms with E-state index in [0.717, 1.165) is 31.7 Å². The van der Waals surface area contributed by atoms with Crippen LogP contribution in [0.4, 0.5) is 0 Å². The van der Waals surface area contributed by atoms with Crippen LogP contribution in [0.15, 0.2) is 47.5 Å². The molecule has 29 heavy (non-hydrogen) atoms. The Hall–Kier alpha value is -2.55. The van der Waals surface area contributed by atoms with Crippen LogP contribution in [0.2, 0.25) is 0 Å². The highest BCUT2D eigenvalue weighted by atomic mass is 16.3. The van der Waals surface area contributed by atoms with Gasteiger partial charge >= 0.3 is 0 Å². The van der Waals surface area contributed by atoms with Crippen molar-refractivity contribution in [1.82, 2.24) is 24.7 Å². The van der Waals surface area contributed by atoms with Crippen LogP contribution in [0.25, 0.3) is 0 Å². The van der Waals surface area contributed by atoms with E-state index in [1.807, 2.05) is 30.3 Å². The van der Waals surface area contributed by atoms with Gasteiger partial charge in [-0.25, -0.2) is 4.98 Å². The first-order valence-electron chi connectivity index (χ1n) is 10.0. The van der Waals surface area contributed by atoms with Gasteiger partial charge in [-0.05, 0) is 19.0 Å². The van der Waals surface area contributed by atoms with Gasteiger partial charge in [0.1, 0.15) is 5.60 Å². The van der Waals surface area contributed by atoms with Gasteiger partial charge in [0.25, 0.3) is 11.5 Å². The Balaban J connectivity index is 1.64. The quantitative estimate of drug-likeness (QED) is 0.764. The molecule has 4 rings (SSSR count). The number of likely N-dealkylation sites (N-methyl/N-ethyl adjacent to an activating group) is 1. The number of nitrogens with zero attached hydrogens (tertiary/aromatic N) is 4. The van der Waals surface area contributed by atoms with Gasteiger partial charge in [0, 0.05) is 51.7 Å². The van der Waals surface area contributed by atoms with Crippen LogP contribution in [-0.2, 0) is 5.60 Å². The molecule has 2 N–H and O–H groups in total. The zero-order chi connectivity index (χ0) is 20.4. The number of piperidine rings is 1. The van der Waals surface area contributed by atoms with E-state index >= 15 is 0 Å². The number of piperazine rings is 1. The fourth-order valence-electron chi connectivity index (χ4n) is 4.38. The van der Waals surface area contributed by atoms with Gasteiger partial charge in [0.2, 0.25) is 0 Å². The highest BCUT2D eigenvalue weighted by Gasteiger charge is 2.47. The number of rotatable bonds is 3. The molecule has 0 saturated carbocycles. The average Bonchev–Trinajstić information content (AvgIpc) is 2.75. The van der Waals surface area contributed by atoms with Crippen molar-refractivity contribution in [3.05, 3.63) is 64.3 Å². The van der Waals surface area contributed by atoms with Crippen LogP contribution in [0, 0.1) is 0 Å². The molecule has 8 nitrogen and oxygen atoms in total. The number of aliphatic hydroxyl groups is 1. The number of nitrogens with one attached hydrogen (secondary N) is 1. The first kappa shape index (κ1) is 19.8. The minimum absolute atomic E-state index is 0.102. The molecular weight excluding hydrogens is 370 g/mol. The van der Waals surface area contributed by atoms with E-state index < -0.39 is 11.2 Å². The van der Waals surface area contributed by atoms with Gasteiger partial charge in [-0.3, -0.25) is 14.5 Å². The molecule has 0 unspecified atom stereocenters. The summed E-state index contributed by atoms with van der Waals surface area (Å²) in [6.45, 7) is 4.18. The third kappa shape index (κ3) is 3.83. The number of likely N-dealkylation sites (tertiary alicyclic amines) is 1. The second kappa shape index (κ2) is 8.06. The molecule has 0 aliphatic carbocycles. The van der Waals surface area contributed by atoms with Crippen molar-refractivity contribution in [2.45, 2.75) is 18.1 Å². The Morgan fingerprint density at radius 2 is 1.90 bits per heavy atom. The Kier molecular flexibility index (Phi) is 5.49. The molecule has 0 spiro atoms. The first-order chi connectivity index (χ1) is 14.0. The SMILES string of the molecule is CN1CCN([C@@H]2CN(C(=O)c3ncc[nH]c3=O)CC[C@]2(O)c2ccccc2)CC1. The Bertz CT molecular complexity index is 910. The molecule has 1 amide bonds. The van der Waals surface area contributed by atoms with Gasteiger partial charge in [0.05, 0.1) is 6.04 Å². The van der Waals surface area contributed by atoms with Crippen molar-refractivity contribution in [1.29, 1.82) is 0 Å². The van der Waals surface area contributed by atoms with Crippen molar-refractivity contribution >= 4 is 5.91 Å². The molecule has 0 radical (unpaired) electrons. The lowest BCUT2D eigenvalue weighted by molar-refractivity contribution is -0.101. The molecule has 2 atom stereocenters. The maximum absolute atomic E-state index is 13.0. The Labute approximate surface area is 169 Å². The molecule has 2 aliphatic heterocycles. The van der Waals surface area contributed by atoms with E-state index in [2.05, 4.69) is 26.8 Å². The summed E-state index contributed by atoms with van der Waals surface area (Å²) in [6, 6.07) is 9.44. The molecule has 154 valence electrons. The topological polar surface area (TPSA) is 92.8 Å². The standard InChI is InChI=1S/C21H27N5O3/c1-24-11-13-25(14-12-24)17-15-26(20(28)18-19(27)23-9-8-22-18)10-7-21(17,29)16-5-3-2-4-6-16/h2-6,8-9,17,29H,7,10-15H2,1H3,(H,23,27)/t17-,21+/m1/s1. The smallest absolute Gasteiger partial charge is 0.279 e. The molecule has 1 aromatic carbocycles. The molecule has 2 aromatic rings. The molecule has 2 saturated heterocycles. The highest BCUT2D eigenvalue weighted by molar-refractivity contribution is 5.92. The molecule has 1 aromatic heterocycles. The number of hydrogen-bond acceptors (Lipinski definition) is 6. The normalized spacial score (nSPS) is 26.4. The number of carbonyl (C=O) groups is 1. The lowest BCUT2D eigenvalue weighted by Crippen LogP contribution is -2.64. The molecule has 2 fully saturated rings. The second-order valence-corrected chi connectivity index (χ2v) is 7.91. The summed E-state index contributed by atoms with van der Waals surface area (Å²) >= 11 is 0. The van der Waals surface area contributed by atoms with Crippen LogP contribution in [0.3, 0.4) is 0 Å². The minimum atomic E-state index is -1.05. The number of aromatic nitrogens is 2. The van der Waals surface area contributed by atoms with Gasteiger partial charge in [-0.1, -0.05) is 30.3 Å². The number of aromatic amines is 1. The molecule has 2 aliphatic rings. The third-order valence-electron chi connectivity index (χ3n) is 6.16. The zero-order valence-corrected chi connectivity index (χ0v) is 16.6. The second-order valence-electron chi connectivity index (χ2n) is 7.91. The molecule has 0 bridgehead atoms. The number of amides is 1. The monoisotopic (exact) mass is 397 g/mol. The first-order valence-corrected chi connectivity index (χ1v) is 10.0. The predicted octanol–water partition coefficient (Wildman–Crippen LogP) is 0.120. The van der Waals surface area contributed by atoms with E-state index in [-0.39, 0.29) is 17.6 Å². The number of carbonyl (C=O) groups excluding carboxylic acids is 1. The average molecular weight is 397 g/mol. The lowest BCUT2D eigenvalue weighted by atomic mass is 9.79. The van der Waals surface area contributed by atoms with Crippen LogP contribution < -0.4 is 5.56 Å². The van der Waals surface area contributed by atoms with Crippen LogP contribution in [-0.4, -0.2) is 88.0 Å². The molecule has 3 heterocycles. The fourth-order valence-corrected chi connectivity index (χ4v) is 4.38. The maximum atomic E-state index is 13.0. The number of hydrogen-bond donors (Lipinski definition) is 2. The van der Waals surface area contributed by atoms with E-state index in [4.69, 9.17) is 0 Å². The number of H-pyrrole nitrogens is 1. The summed E-state index contributed by atoms with van der Waals surface area (Å²) in [6.07, 6.45) is 3.23.